The molecule has 2 heteroatoms. The Morgan fingerprint density at radius 3 is 1.42 bits per heavy atom. The number of nitrogens with zero attached hydrogens (tertiary/aromatic N) is 1. The maximum Gasteiger partial charge on any atom is 0.0640 e. The fourth-order valence-corrected chi connectivity index (χ4v) is 8.40. The second-order valence-electron chi connectivity index (χ2n) is 12.5. The monoisotopic (exact) mass is 655 g/mol. The first-order valence-corrected chi connectivity index (χ1v) is 17.8. The number of hydrogen-bond acceptors (Lipinski definition) is 2. The fourth-order valence-electron chi connectivity index (χ4n) is 7.19. The summed E-state index contributed by atoms with van der Waals surface area (Å²) in [6.07, 6.45) is 0. The molecule has 1 heterocycles. The lowest BCUT2D eigenvalue weighted by atomic mass is 9.92. The molecule has 0 saturated carbocycles. The van der Waals surface area contributed by atoms with Gasteiger partial charge in [0.15, 0.2) is 0 Å². The van der Waals surface area contributed by atoms with Crippen LogP contribution in [0.1, 0.15) is 0 Å². The van der Waals surface area contributed by atoms with Crippen molar-refractivity contribution in [3.63, 3.8) is 0 Å². The van der Waals surface area contributed by atoms with E-state index in [2.05, 4.69) is 205 Å². The van der Waals surface area contributed by atoms with Crippen molar-refractivity contribution < 1.29 is 0 Å². The number of fused-ring (bicyclic) bond motifs is 3. The molecule has 9 aromatic rings. The van der Waals surface area contributed by atoms with Crippen LogP contribution in [0.25, 0.3) is 64.7 Å². The minimum absolute atomic E-state index is 1.11. The van der Waals surface area contributed by atoms with Crippen molar-refractivity contribution in [3.05, 3.63) is 200 Å². The Kier molecular flexibility index (Phi) is 7.77. The molecule has 1 nitrogen and oxygen atoms in total. The van der Waals surface area contributed by atoms with E-state index in [-0.39, 0.29) is 0 Å². The highest BCUT2D eigenvalue weighted by molar-refractivity contribution is 7.26. The zero-order valence-corrected chi connectivity index (χ0v) is 28.2. The first-order valence-electron chi connectivity index (χ1n) is 17.0. The molecule has 9 rings (SSSR count). The van der Waals surface area contributed by atoms with Crippen molar-refractivity contribution in [1.82, 2.24) is 0 Å². The lowest BCUT2D eigenvalue weighted by Gasteiger charge is -2.29. The predicted molar refractivity (Wildman–Crippen MR) is 216 cm³/mol. The van der Waals surface area contributed by atoms with Gasteiger partial charge in [-0.15, -0.1) is 11.3 Å². The van der Waals surface area contributed by atoms with Crippen LogP contribution in [-0.2, 0) is 0 Å². The van der Waals surface area contributed by atoms with Crippen molar-refractivity contribution >= 4 is 48.6 Å². The Balaban J connectivity index is 1.25. The van der Waals surface area contributed by atoms with Gasteiger partial charge in [-0.25, -0.2) is 0 Å². The van der Waals surface area contributed by atoms with Gasteiger partial charge in [-0.3, -0.25) is 0 Å². The van der Waals surface area contributed by atoms with Gasteiger partial charge in [0, 0.05) is 26.7 Å². The van der Waals surface area contributed by atoms with E-state index in [1.807, 2.05) is 11.3 Å². The van der Waals surface area contributed by atoms with Crippen molar-refractivity contribution in [1.29, 1.82) is 0 Å². The first kappa shape index (κ1) is 29.9. The molecule has 0 atom stereocenters. The summed E-state index contributed by atoms with van der Waals surface area (Å²) in [4.78, 5) is 2.46. The van der Waals surface area contributed by atoms with Gasteiger partial charge in [0.2, 0.25) is 0 Å². The van der Waals surface area contributed by atoms with Crippen LogP contribution in [0.2, 0.25) is 0 Å². The van der Waals surface area contributed by atoms with Gasteiger partial charge in [-0.05, 0) is 69.3 Å². The molecule has 0 N–H and O–H groups in total. The Morgan fingerprint density at radius 1 is 0.300 bits per heavy atom. The molecule has 0 unspecified atom stereocenters. The summed E-state index contributed by atoms with van der Waals surface area (Å²) in [5.41, 5.74) is 13.1. The molecular weight excluding hydrogens is 623 g/mol. The van der Waals surface area contributed by atoms with E-state index in [0.29, 0.717) is 0 Å². The second kappa shape index (κ2) is 13.0. The van der Waals surface area contributed by atoms with Crippen molar-refractivity contribution in [3.8, 4) is 44.5 Å². The van der Waals surface area contributed by atoms with Gasteiger partial charge < -0.3 is 4.90 Å². The van der Waals surface area contributed by atoms with E-state index in [0.717, 1.165) is 11.4 Å². The molecule has 50 heavy (non-hydrogen) atoms. The van der Waals surface area contributed by atoms with Gasteiger partial charge in [0.05, 0.1) is 16.1 Å². The summed E-state index contributed by atoms with van der Waals surface area (Å²) in [6.45, 7) is 0. The Hall–Kier alpha value is -6.22. The summed E-state index contributed by atoms with van der Waals surface area (Å²) in [5, 5.41) is 2.58. The largest absolute Gasteiger partial charge is 0.308 e. The Labute approximate surface area is 297 Å². The van der Waals surface area contributed by atoms with Crippen LogP contribution in [0.5, 0.6) is 0 Å². The number of thiophene rings is 1. The summed E-state index contributed by atoms with van der Waals surface area (Å²) < 4.78 is 2.57. The van der Waals surface area contributed by atoms with Crippen LogP contribution in [-0.4, -0.2) is 0 Å². The molecule has 0 bridgehead atoms. The van der Waals surface area contributed by atoms with E-state index in [1.54, 1.807) is 0 Å². The SMILES string of the molecule is c1ccc(-c2ccccc2-c2ccc(N(c3ccccc3-c3ccccc3-c3ccccc3)c3cccc4c3sc3ccccc34)cc2)cc1. The fraction of sp³-hybridized carbons (Fsp3) is 0. The van der Waals surface area contributed by atoms with E-state index in [4.69, 9.17) is 0 Å². The summed E-state index contributed by atoms with van der Waals surface area (Å²) in [6, 6.07) is 72.3. The minimum atomic E-state index is 1.11. The van der Waals surface area contributed by atoms with Gasteiger partial charge >= 0.3 is 0 Å². The first-order chi connectivity index (χ1) is 24.8. The van der Waals surface area contributed by atoms with Crippen LogP contribution in [0.15, 0.2) is 200 Å². The average Bonchev–Trinajstić information content (AvgIpc) is 3.59. The summed E-state index contributed by atoms with van der Waals surface area (Å²) in [5.74, 6) is 0. The van der Waals surface area contributed by atoms with Gasteiger partial charge in [-0.2, -0.15) is 0 Å². The third kappa shape index (κ3) is 5.37. The quantitative estimate of drug-likeness (QED) is 0.165. The molecule has 0 amide bonds. The number of benzene rings is 8. The highest BCUT2D eigenvalue weighted by atomic mass is 32.1. The van der Waals surface area contributed by atoms with E-state index >= 15 is 0 Å². The molecule has 0 aliphatic rings. The lowest BCUT2D eigenvalue weighted by Crippen LogP contribution is -2.11. The maximum absolute atomic E-state index is 2.46. The highest BCUT2D eigenvalue weighted by Crippen LogP contribution is 2.48. The molecule has 0 aliphatic heterocycles. The second-order valence-corrected chi connectivity index (χ2v) is 13.5. The smallest absolute Gasteiger partial charge is 0.0640 e. The van der Waals surface area contributed by atoms with Gasteiger partial charge in [0.25, 0.3) is 0 Å². The number of anilines is 3. The van der Waals surface area contributed by atoms with Crippen molar-refractivity contribution in [2.45, 2.75) is 0 Å². The Morgan fingerprint density at radius 2 is 0.760 bits per heavy atom. The molecule has 0 fully saturated rings. The third-order valence-electron chi connectivity index (χ3n) is 9.52. The molecule has 236 valence electrons. The standard InChI is InChI=1S/C48H33NS/c1-3-16-34(17-4-1)38-20-7-8-21-39(38)36-30-32-37(33-31-36)49(46-28-15-26-44-43-25-12-14-29-47(43)50-48(44)46)45-27-13-11-24-42(45)41-23-10-9-22-40(41)35-18-5-2-6-19-35/h1-33H. The number of hydrogen-bond donors (Lipinski definition) is 0. The van der Waals surface area contributed by atoms with Crippen LogP contribution in [0.4, 0.5) is 17.1 Å². The predicted octanol–water partition coefficient (Wildman–Crippen LogP) is 14.2. The molecule has 0 aliphatic carbocycles. The third-order valence-corrected chi connectivity index (χ3v) is 10.7. The molecule has 0 saturated heterocycles. The topological polar surface area (TPSA) is 3.24 Å². The summed E-state index contributed by atoms with van der Waals surface area (Å²) >= 11 is 1.87. The van der Waals surface area contributed by atoms with Crippen molar-refractivity contribution in [2.24, 2.45) is 0 Å². The Bertz CT molecular complexity index is 2580. The van der Waals surface area contributed by atoms with Crippen LogP contribution >= 0.6 is 11.3 Å². The lowest BCUT2D eigenvalue weighted by molar-refractivity contribution is 1.30. The molecule has 8 aromatic carbocycles. The van der Waals surface area contributed by atoms with Crippen LogP contribution in [0.3, 0.4) is 0 Å². The molecule has 0 spiro atoms. The number of para-hydroxylation sites is 1. The van der Waals surface area contributed by atoms with Gasteiger partial charge in [0.1, 0.15) is 0 Å². The average molecular weight is 656 g/mol. The number of rotatable bonds is 7. The maximum atomic E-state index is 2.46. The molecule has 0 radical (unpaired) electrons. The summed E-state index contributed by atoms with van der Waals surface area (Å²) in [7, 11) is 0. The molecule has 1 aromatic heterocycles. The van der Waals surface area contributed by atoms with Crippen LogP contribution < -0.4 is 4.90 Å². The zero-order chi connectivity index (χ0) is 33.3. The van der Waals surface area contributed by atoms with E-state index in [1.165, 1.54) is 70.4 Å². The van der Waals surface area contributed by atoms with Crippen LogP contribution in [0, 0.1) is 0 Å². The van der Waals surface area contributed by atoms with Crippen molar-refractivity contribution in [2.75, 3.05) is 4.90 Å². The minimum Gasteiger partial charge on any atom is -0.308 e. The highest BCUT2D eigenvalue weighted by Gasteiger charge is 2.22. The van der Waals surface area contributed by atoms with Gasteiger partial charge in [-0.1, -0.05) is 170 Å². The zero-order valence-electron chi connectivity index (χ0n) is 27.4. The normalized spacial score (nSPS) is 11.2. The van der Waals surface area contributed by atoms with E-state index in [9.17, 15) is 0 Å². The molecular formula is C48H33NS. The van der Waals surface area contributed by atoms with E-state index < -0.39 is 0 Å².